The summed E-state index contributed by atoms with van der Waals surface area (Å²) >= 11 is 1.19. The highest BCUT2D eigenvalue weighted by atomic mass is 32.2. The number of halogens is 1. The van der Waals surface area contributed by atoms with Crippen molar-refractivity contribution < 1.29 is 17.6 Å². The summed E-state index contributed by atoms with van der Waals surface area (Å²) < 4.78 is 39.9. The van der Waals surface area contributed by atoms with Gasteiger partial charge in [-0.1, -0.05) is 6.07 Å². The molecule has 0 spiro atoms. The molecule has 1 saturated heterocycles. The molecule has 1 aliphatic heterocycles. The van der Waals surface area contributed by atoms with Gasteiger partial charge in [0.05, 0.1) is 0 Å². The summed E-state index contributed by atoms with van der Waals surface area (Å²) in [6, 6.07) is 8.69. The smallest absolute Gasteiger partial charge is 0.253 e. The molecule has 5 nitrogen and oxygen atoms in total. The van der Waals surface area contributed by atoms with Gasteiger partial charge < -0.3 is 4.90 Å². The zero-order chi connectivity index (χ0) is 17.2. The SMILES string of the molecule is O=C(c1ccc(F)cc1)N1CCCN(S(=O)(=O)c2cccs2)CC1. The second kappa shape index (κ2) is 7.00. The topological polar surface area (TPSA) is 57.7 Å². The van der Waals surface area contributed by atoms with Crippen LogP contribution in [0.2, 0.25) is 0 Å². The molecule has 3 rings (SSSR count). The molecule has 0 N–H and O–H groups in total. The molecule has 2 heterocycles. The first-order chi connectivity index (χ1) is 11.5. The highest BCUT2D eigenvalue weighted by molar-refractivity contribution is 7.91. The summed E-state index contributed by atoms with van der Waals surface area (Å²) in [5, 5.41) is 1.73. The monoisotopic (exact) mass is 368 g/mol. The summed E-state index contributed by atoms with van der Waals surface area (Å²) in [7, 11) is -3.50. The summed E-state index contributed by atoms with van der Waals surface area (Å²) in [5.74, 6) is -0.596. The minimum absolute atomic E-state index is 0.203. The maximum absolute atomic E-state index is 13.0. The number of rotatable bonds is 3. The Morgan fingerprint density at radius 3 is 2.46 bits per heavy atom. The highest BCUT2D eigenvalue weighted by Crippen LogP contribution is 2.22. The molecule has 0 radical (unpaired) electrons. The molecule has 0 atom stereocenters. The van der Waals surface area contributed by atoms with E-state index < -0.39 is 15.8 Å². The number of nitrogens with zero attached hydrogens (tertiary/aromatic N) is 2. The van der Waals surface area contributed by atoms with Crippen LogP contribution in [-0.4, -0.2) is 49.7 Å². The molecule has 1 fully saturated rings. The van der Waals surface area contributed by atoms with Crippen molar-refractivity contribution in [1.29, 1.82) is 0 Å². The summed E-state index contributed by atoms with van der Waals surface area (Å²) in [5.41, 5.74) is 0.408. The number of sulfonamides is 1. The number of amides is 1. The maximum Gasteiger partial charge on any atom is 0.253 e. The molecular formula is C16H17FN2O3S2. The average molecular weight is 368 g/mol. The van der Waals surface area contributed by atoms with E-state index in [1.54, 1.807) is 22.4 Å². The van der Waals surface area contributed by atoms with E-state index >= 15 is 0 Å². The largest absolute Gasteiger partial charge is 0.337 e. The van der Waals surface area contributed by atoms with Gasteiger partial charge in [-0.15, -0.1) is 11.3 Å². The number of carbonyl (C=O) groups is 1. The molecule has 1 aromatic heterocycles. The summed E-state index contributed by atoms with van der Waals surface area (Å²) in [6.07, 6.45) is 0.567. The summed E-state index contributed by atoms with van der Waals surface area (Å²) in [4.78, 5) is 14.1. The van der Waals surface area contributed by atoms with Crippen LogP contribution in [0.25, 0.3) is 0 Å². The standard InChI is InChI=1S/C16H17FN2O3S2/c17-14-6-4-13(5-7-14)16(20)18-8-2-9-19(11-10-18)24(21,22)15-3-1-12-23-15/h1,3-7,12H,2,8-11H2. The highest BCUT2D eigenvalue weighted by Gasteiger charge is 2.29. The number of thiophene rings is 1. The first kappa shape index (κ1) is 17.1. The molecule has 0 aliphatic carbocycles. The van der Waals surface area contributed by atoms with Gasteiger partial charge in [0.2, 0.25) is 0 Å². The Labute approximate surface area is 144 Å². The Balaban J connectivity index is 1.71. The lowest BCUT2D eigenvalue weighted by molar-refractivity contribution is 0.0764. The molecule has 1 aliphatic rings. The van der Waals surface area contributed by atoms with Crippen molar-refractivity contribution >= 4 is 27.3 Å². The van der Waals surface area contributed by atoms with Crippen LogP contribution in [0.15, 0.2) is 46.0 Å². The molecule has 24 heavy (non-hydrogen) atoms. The Hall–Kier alpha value is -1.77. The molecule has 128 valence electrons. The molecule has 1 aromatic carbocycles. The van der Waals surface area contributed by atoms with Crippen LogP contribution in [0.4, 0.5) is 4.39 Å². The molecule has 2 aromatic rings. The van der Waals surface area contributed by atoms with Crippen molar-refractivity contribution in [2.24, 2.45) is 0 Å². The van der Waals surface area contributed by atoms with Crippen LogP contribution in [0.1, 0.15) is 16.8 Å². The van der Waals surface area contributed by atoms with E-state index in [0.717, 1.165) is 0 Å². The fourth-order valence-corrected chi connectivity index (χ4v) is 5.26. The van der Waals surface area contributed by atoms with Gasteiger partial charge in [0.1, 0.15) is 10.0 Å². The van der Waals surface area contributed by atoms with Crippen LogP contribution >= 0.6 is 11.3 Å². The minimum atomic E-state index is -3.50. The molecule has 8 heteroatoms. The van der Waals surface area contributed by atoms with Crippen molar-refractivity contribution in [2.75, 3.05) is 26.2 Å². The van der Waals surface area contributed by atoms with Crippen LogP contribution in [0.5, 0.6) is 0 Å². The maximum atomic E-state index is 13.0. The van der Waals surface area contributed by atoms with E-state index in [0.29, 0.717) is 35.8 Å². The zero-order valence-electron chi connectivity index (χ0n) is 12.9. The predicted octanol–water partition coefficient (Wildman–Crippen LogP) is 2.42. The second-order valence-electron chi connectivity index (χ2n) is 5.49. The van der Waals surface area contributed by atoms with Crippen LogP contribution in [0.3, 0.4) is 0 Å². The third-order valence-electron chi connectivity index (χ3n) is 3.92. The van der Waals surface area contributed by atoms with Crippen molar-refractivity contribution in [3.63, 3.8) is 0 Å². The first-order valence-corrected chi connectivity index (χ1v) is 9.89. The molecule has 0 unspecified atom stereocenters. The van der Waals surface area contributed by atoms with Gasteiger partial charge in [-0.2, -0.15) is 4.31 Å². The van der Waals surface area contributed by atoms with E-state index in [-0.39, 0.29) is 12.5 Å². The Morgan fingerprint density at radius 1 is 1.04 bits per heavy atom. The Kier molecular flexibility index (Phi) is 4.98. The van der Waals surface area contributed by atoms with E-state index in [4.69, 9.17) is 0 Å². The molecular weight excluding hydrogens is 351 g/mol. The van der Waals surface area contributed by atoms with Crippen molar-refractivity contribution in [3.05, 3.63) is 53.2 Å². The average Bonchev–Trinajstić information content (AvgIpc) is 3.00. The third kappa shape index (κ3) is 3.50. The number of hydrogen-bond acceptors (Lipinski definition) is 4. The Bertz CT molecular complexity index is 804. The fourth-order valence-electron chi connectivity index (χ4n) is 2.65. The zero-order valence-corrected chi connectivity index (χ0v) is 14.5. The lowest BCUT2D eigenvalue weighted by atomic mass is 10.2. The molecule has 0 bridgehead atoms. The van der Waals surface area contributed by atoms with Gasteiger partial charge in [-0.05, 0) is 42.1 Å². The van der Waals surface area contributed by atoms with Gasteiger partial charge in [-0.25, -0.2) is 12.8 Å². The third-order valence-corrected chi connectivity index (χ3v) is 7.19. The number of benzene rings is 1. The molecule has 0 saturated carbocycles. The van der Waals surface area contributed by atoms with Crippen molar-refractivity contribution in [2.45, 2.75) is 10.6 Å². The van der Waals surface area contributed by atoms with E-state index in [1.165, 1.54) is 39.9 Å². The van der Waals surface area contributed by atoms with Crippen molar-refractivity contribution in [1.82, 2.24) is 9.21 Å². The number of hydrogen-bond donors (Lipinski definition) is 0. The number of carbonyl (C=O) groups excluding carboxylic acids is 1. The van der Waals surface area contributed by atoms with Gasteiger partial charge in [0.25, 0.3) is 15.9 Å². The minimum Gasteiger partial charge on any atom is -0.337 e. The van der Waals surface area contributed by atoms with Gasteiger partial charge in [-0.3, -0.25) is 4.79 Å². The van der Waals surface area contributed by atoms with Gasteiger partial charge in [0.15, 0.2) is 0 Å². The molecule has 1 amide bonds. The van der Waals surface area contributed by atoms with Gasteiger partial charge >= 0.3 is 0 Å². The van der Waals surface area contributed by atoms with Gasteiger partial charge in [0, 0.05) is 31.7 Å². The van der Waals surface area contributed by atoms with E-state index in [9.17, 15) is 17.6 Å². The second-order valence-corrected chi connectivity index (χ2v) is 8.60. The fraction of sp³-hybridized carbons (Fsp3) is 0.312. The lowest BCUT2D eigenvalue weighted by Crippen LogP contribution is -2.37. The van der Waals surface area contributed by atoms with E-state index in [2.05, 4.69) is 0 Å². The van der Waals surface area contributed by atoms with Crippen LogP contribution in [-0.2, 0) is 10.0 Å². The van der Waals surface area contributed by atoms with Crippen LogP contribution in [0, 0.1) is 5.82 Å². The van der Waals surface area contributed by atoms with Crippen molar-refractivity contribution in [3.8, 4) is 0 Å². The first-order valence-electron chi connectivity index (χ1n) is 7.57. The lowest BCUT2D eigenvalue weighted by Gasteiger charge is -2.21. The normalized spacial score (nSPS) is 16.8. The van der Waals surface area contributed by atoms with Crippen LogP contribution < -0.4 is 0 Å². The predicted molar refractivity (Wildman–Crippen MR) is 90.0 cm³/mol. The quantitative estimate of drug-likeness (QED) is 0.836. The Morgan fingerprint density at radius 2 is 1.79 bits per heavy atom. The van der Waals surface area contributed by atoms with E-state index in [1.807, 2.05) is 0 Å². The summed E-state index contributed by atoms with van der Waals surface area (Å²) in [6.45, 7) is 1.44.